The first-order valence-electron chi connectivity index (χ1n) is 10.4. The van der Waals surface area contributed by atoms with Crippen LogP contribution in [-0.4, -0.2) is 51.7 Å². The van der Waals surface area contributed by atoms with Gasteiger partial charge >= 0.3 is 6.09 Å². The number of carbonyl (C=O) groups excluding carboxylic acids is 2. The first-order chi connectivity index (χ1) is 15.5. The summed E-state index contributed by atoms with van der Waals surface area (Å²) in [5, 5.41) is 17.0. The fourth-order valence-electron chi connectivity index (χ4n) is 4.45. The van der Waals surface area contributed by atoms with Crippen molar-refractivity contribution >= 4 is 40.7 Å². The van der Waals surface area contributed by atoms with E-state index in [2.05, 4.69) is 20.8 Å². The van der Waals surface area contributed by atoms with Crippen LogP contribution in [0.1, 0.15) is 35.2 Å². The normalized spacial score (nSPS) is 17.7. The highest BCUT2D eigenvalue weighted by molar-refractivity contribution is 6.18. The van der Waals surface area contributed by atoms with Crippen LogP contribution < -0.4 is 10.7 Å². The lowest BCUT2D eigenvalue weighted by atomic mass is 10.0. The molecule has 2 aromatic carbocycles. The third-order valence-electron chi connectivity index (χ3n) is 5.92. The Kier molecular flexibility index (Phi) is 4.85. The number of amides is 3. The number of carboxylic acid groups (broad SMARTS) is 1. The van der Waals surface area contributed by atoms with Crippen LogP contribution in [0.25, 0.3) is 22.2 Å². The molecule has 1 atom stereocenters. The maximum Gasteiger partial charge on any atom is 0.407 e. The van der Waals surface area contributed by atoms with Gasteiger partial charge in [-0.3, -0.25) is 14.5 Å². The largest absolute Gasteiger partial charge is 0.465 e. The number of hydrazone groups is 1. The molecule has 1 aromatic heterocycles. The number of aromatic amines is 1. The highest BCUT2D eigenvalue weighted by Gasteiger charge is 2.32. The number of anilines is 1. The van der Waals surface area contributed by atoms with Crippen LogP contribution in [0.5, 0.6) is 0 Å². The van der Waals surface area contributed by atoms with E-state index in [4.69, 9.17) is 0 Å². The van der Waals surface area contributed by atoms with Crippen molar-refractivity contribution in [2.24, 2.45) is 5.10 Å². The monoisotopic (exact) mass is 431 g/mol. The highest BCUT2D eigenvalue weighted by atomic mass is 16.4. The average Bonchev–Trinajstić information content (AvgIpc) is 3.08. The molecule has 3 aromatic rings. The van der Waals surface area contributed by atoms with E-state index < -0.39 is 18.0 Å². The van der Waals surface area contributed by atoms with Crippen molar-refractivity contribution in [2.75, 3.05) is 11.9 Å². The second-order valence-electron chi connectivity index (χ2n) is 7.90. The molecule has 3 amide bonds. The summed E-state index contributed by atoms with van der Waals surface area (Å²) in [5.74, 6) is -0.788. The molecule has 0 bridgehead atoms. The lowest BCUT2D eigenvalue weighted by molar-refractivity contribution is -0.121. The van der Waals surface area contributed by atoms with Crippen molar-refractivity contribution in [1.82, 2.24) is 15.3 Å². The zero-order valence-corrected chi connectivity index (χ0v) is 17.1. The number of hydrogen-bond acceptors (Lipinski definition) is 4. The van der Waals surface area contributed by atoms with Crippen LogP contribution in [0, 0.1) is 0 Å². The Labute approximate surface area is 183 Å². The second kappa shape index (κ2) is 7.84. The third-order valence-corrected chi connectivity index (χ3v) is 5.92. The molecular formula is C23H21N5O4. The lowest BCUT2D eigenvalue weighted by Crippen LogP contribution is -2.49. The summed E-state index contributed by atoms with van der Waals surface area (Å²) >= 11 is 0. The fourth-order valence-corrected chi connectivity index (χ4v) is 4.45. The van der Waals surface area contributed by atoms with Crippen molar-refractivity contribution in [3.05, 3.63) is 53.6 Å². The minimum atomic E-state index is -1.11. The van der Waals surface area contributed by atoms with Gasteiger partial charge in [-0.2, -0.15) is 5.10 Å². The van der Waals surface area contributed by atoms with E-state index in [-0.39, 0.29) is 5.91 Å². The lowest BCUT2D eigenvalue weighted by Gasteiger charge is -2.32. The van der Waals surface area contributed by atoms with Gasteiger partial charge in [-0.05, 0) is 37.0 Å². The van der Waals surface area contributed by atoms with Gasteiger partial charge < -0.3 is 15.4 Å². The Hall–Kier alpha value is -4.14. The van der Waals surface area contributed by atoms with Gasteiger partial charge in [-0.15, -0.1) is 0 Å². The molecular weight excluding hydrogens is 410 g/mol. The molecule has 1 saturated heterocycles. The number of hydrogen-bond donors (Lipinski definition) is 4. The van der Waals surface area contributed by atoms with E-state index in [0.29, 0.717) is 35.1 Å². The van der Waals surface area contributed by atoms with Gasteiger partial charge in [-0.25, -0.2) is 10.2 Å². The summed E-state index contributed by atoms with van der Waals surface area (Å²) < 4.78 is 0. The smallest absolute Gasteiger partial charge is 0.407 e. The number of nitrogens with one attached hydrogen (secondary N) is 3. The molecule has 0 unspecified atom stereocenters. The Balaban J connectivity index is 1.56. The van der Waals surface area contributed by atoms with Crippen molar-refractivity contribution in [1.29, 1.82) is 0 Å². The van der Waals surface area contributed by atoms with E-state index in [1.54, 1.807) is 18.3 Å². The highest BCUT2D eigenvalue weighted by Crippen LogP contribution is 2.34. The predicted molar refractivity (Wildman–Crippen MR) is 120 cm³/mol. The van der Waals surface area contributed by atoms with Crippen molar-refractivity contribution in [3.8, 4) is 11.3 Å². The first-order valence-corrected chi connectivity index (χ1v) is 10.4. The third kappa shape index (κ3) is 3.37. The molecule has 0 spiro atoms. The zero-order valence-electron chi connectivity index (χ0n) is 17.1. The molecule has 4 N–H and O–H groups in total. The van der Waals surface area contributed by atoms with Gasteiger partial charge in [0.25, 0.3) is 5.91 Å². The molecule has 5 rings (SSSR count). The molecule has 2 aliphatic rings. The summed E-state index contributed by atoms with van der Waals surface area (Å²) in [4.78, 5) is 41.7. The topological polar surface area (TPSA) is 127 Å². The van der Waals surface area contributed by atoms with Gasteiger partial charge in [0.2, 0.25) is 5.91 Å². The van der Waals surface area contributed by atoms with Crippen molar-refractivity contribution in [2.45, 2.75) is 25.3 Å². The molecule has 0 aliphatic carbocycles. The van der Waals surface area contributed by atoms with E-state index in [1.807, 2.05) is 30.3 Å². The SMILES string of the molecule is O=C1NN=Cc2c(-c3ccccc3)[nH]c3cc(NC(=O)[C@@H]4CCCCN4C(=O)O)cc1c23. The van der Waals surface area contributed by atoms with E-state index in [9.17, 15) is 19.5 Å². The maximum absolute atomic E-state index is 12.9. The number of aromatic nitrogens is 1. The number of H-pyrrole nitrogens is 1. The van der Waals surface area contributed by atoms with Gasteiger partial charge in [0.05, 0.1) is 17.5 Å². The van der Waals surface area contributed by atoms with Crippen molar-refractivity contribution < 1.29 is 19.5 Å². The Morgan fingerprint density at radius 2 is 1.97 bits per heavy atom. The van der Waals surface area contributed by atoms with Gasteiger partial charge in [-0.1, -0.05) is 30.3 Å². The molecule has 1 fully saturated rings. The van der Waals surface area contributed by atoms with Crippen molar-refractivity contribution in [3.63, 3.8) is 0 Å². The summed E-state index contributed by atoms with van der Waals surface area (Å²) in [6.45, 7) is 0.331. The Morgan fingerprint density at radius 3 is 2.75 bits per heavy atom. The molecule has 162 valence electrons. The standard InChI is InChI=1S/C23H21N5O4/c29-21-15-10-14(25-22(30)18-8-4-5-9-28(18)23(31)32)11-17-19(15)16(12-24-27-21)20(26-17)13-6-2-1-3-7-13/h1-3,6-7,10-12,18,26H,4-5,8-9H2,(H,25,30)(H,27,29)(H,31,32)/t18-/m0/s1. The fraction of sp³-hybridized carbons (Fsp3) is 0.217. The van der Waals surface area contributed by atoms with Crippen LogP contribution >= 0.6 is 0 Å². The molecule has 9 heteroatoms. The summed E-state index contributed by atoms with van der Waals surface area (Å²) in [7, 11) is 0. The molecule has 0 radical (unpaired) electrons. The van der Waals surface area contributed by atoms with Crippen LogP contribution in [0.4, 0.5) is 10.5 Å². The van der Waals surface area contributed by atoms with Crippen LogP contribution in [0.2, 0.25) is 0 Å². The molecule has 0 saturated carbocycles. The number of nitrogens with zero attached hydrogens (tertiary/aromatic N) is 2. The first kappa shape index (κ1) is 19.8. The quantitative estimate of drug-likeness (QED) is 0.507. The molecule has 9 nitrogen and oxygen atoms in total. The van der Waals surface area contributed by atoms with E-state index >= 15 is 0 Å². The maximum atomic E-state index is 12.9. The molecule has 32 heavy (non-hydrogen) atoms. The van der Waals surface area contributed by atoms with E-state index in [1.165, 1.54) is 4.90 Å². The predicted octanol–water partition coefficient (Wildman–Crippen LogP) is 3.38. The molecule has 3 heterocycles. The minimum Gasteiger partial charge on any atom is -0.465 e. The summed E-state index contributed by atoms with van der Waals surface area (Å²) in [6, 6.07) is 12.3. The molecule has 2 aliphatic heterocycles. The van der Waals surface area contributed by atoms with E-state index in [0.717, 1.165) is 29.7 Å². The zero-order chi connectivity index (χ0) is 22.2. The number of piperidine rings is 1. The second-order valence-corrected chi connectivity index (χ2v) is 7.90. The van der Waals surface area contributed by atoms with Crippen LogP contribution in [0.15, 0.2) is 47.6 Å². The average molecular weight is 431 g/mol. The van der Waals surface area contributed by atoms with Gasteiger partial charge in [0, 0.05) is 28.7 Å². The summed E-state index contributed by atoms with van der Waals surface area (Å²) in [5.41, 5.74) is 6.50. The Bertz CT molecular complexity index is 1260. The van der Waals surface area contributed by atoms with Gasteiger partial charge in [0.1, 0.15) is 6.04 Å². The minimum absolute atomic E-state index is 0.331. The number of carbonyl (C=O) groups is 3. The Morgan fingerprint density at radius 1 is 1.16 bits per heavy atom. The van der Waals surface area contributed by atoms with Gasteiger partial charge in [0.15, 0.2) is 0 Å². The van der Waals surface area contributed by atoms with Crippen LogP contribution in [-0.2, 0) is 4.79 Å². The number of likely N-dealkylation sites (tertiary alicyclic amines) is 1. The number of rotatable bonds is 3. The number of benzene rings is 2. The summed E-state index contributed by atoms with van der Waals surface area (Å²) in [6.07, 6.45) is 2.49. The van der Waals surface area contributed by atoms with Crippen LogP contribution in [0.3, 0.4) is 0 Å².